The Morgan fingerprint density at radius 3 is 2.83 bits per heavy atom. The molecule has 144 valence electrons. The summed E-state index contributed by atoms with van der Waals surface area (Å²) in [4.78, 5) is 27.1. The van der Waals surface area contributed by atoms with E-state index in [0.717, 1.165) is 23.4 Å². The third kappa shape index (κ3) is 2.86. The average molecular weight is 401 g/mol. The maximum absolute atomic E-state index is 13.0. The monoisotopic (exact) mass is 401 g/mol. The van der Waals surface area contributed by atoms with E-state index in [1.807, 2.05) is 49.4 Å². The average Bonchev–Trinajstić information content (AvgIpc) is 3.03. The van der Waals surface area contributed by atoms with Crippen molar-refractivity contribution in [3.63, 3.8) is 0 Å². The number of aromatic amines is 1. The molecule has 3 heterocycles. The number of nitrogens with zero attached hydrogens (tertiary/aromatic N) is 4. The van der Waals surface area contributed by atoms with Gasteiger partial charge in [0.1, 0.15) is 16.4 Å². The van der Waals surface area contributed by atoms with Gasteiger partial charge in [-0.2, -0.15) is 4.98 Å². The van der Waals surface area contributed by atoms with Crippen LogP contribution >= 0.6 is 12.2 Å². The lowest BCUT2D eigenvalue weighted by atomic mass is 10.1. The molecule has 7 heteroatoms. The van der Waals surface area contributed by atoms with Crippen LogP contribution < -0.4 is 10.5 Å². The smallest absolute Gasteiger partial charge is 0.264 e. The molecule has 2 aromatic heterocycles. The molecule has 1 N–H and O–H groups in total. The molecule has 0 saturated heterocycles. The number of rotatable bonds is 2. The Balaban J connectivity index is 1.68. The van der Waals surface area contributed by atoms with Crippen molar-refractivity contribution < 1.29 is 0 Å². The van der Waals surface area contributed by atoms with Gasteiger partial charge in [0.15, 0.2) is 5.65 Å². The van der Waals surface area contributed by atoms with Crippen LogP contribution in [0.5, 0.6) is 0 Å². The lowest BCUT2D eigenvalue weighted by molar-refractivity contribution is 0.739. The van der Waals surface area contributed by atoms with E-state index < -0.39 is 0 Å². The quantitative estimate of drug-likeness (QED) is 0.509. The predicted molar refractivity (Wildman–Crippen MR) is 117 cm³/mol. The number of benzene rings is 2. The van der Waals surface area contributed by atoms with Gasteiger partial charge in [-0.3, -0.25) is 14.3 Å². The second kappa shape index (κ2) is 6.63. The van der Waals surface area contributed by atoms with Crippen molar-refractivity contribution in [1.29, 1.82) is 0 Å². The highest BCUT2D eigenvalue weighted by Gasteiger charge is 2.29. The van der Waals surface area contributed by atoms with Gasteiger partial charge < -0.3 is 4.90 Å². The van der Waals surface area contributed by atoms with Gasteiger partial charge in [-0.05, 0) is 49.6 Å². The summed E-state index contributed by atoms with van der Waals surface area (Å²) < 4.78 is 2.14. The van der Waals surface area contributed by atoms with Crippen LogP contribution in [0.15, 0.2) is 59.7 Å². The Bertz CT molecular complexity index is 1370. The summed E-state index contributed by atoms with van der Waals surface area (Å²) in [5.74, 6) is 0.496. The van der Waals surface area contributed by atoms with Crippen LogP contribution in [0.3, 0.4) is 0 Å². The first-order valence-corrected chi connectivity index (χ1v) is 9.89. The van der Waals surface area contributed by atoms with E-state index in [1.54, 1.807) is 10.9 Å². The molecule has 0 fully saturated rings. The van der Waals surface area contributed by atoms with Gasteiger partial charge in [-0.15, -0.1) is 0 Å². The first-order valence-electron chi connectivity index (χ1n) is 9.49. The molecule has 4 aromatic rings. The molecule has 2 aromatic carbocycles. The highest BCUT2D eigenvalue weighted by atomic mass is 32.1. The fraction of sp³-hybridized carbons (Fsp3) is 0.182. The zero-order valence-electron chi connectivity index (χ0n) is 16.1. The molecule has 5 rings (SSSR count). The summed E-state index contributed by atoms with van der Waals surface area (Å²) in [5, 5.41) is 0.327. The fourth-order valence-corrected chi connectivity index (χ4v) is 4.32. The summed E-state index contributed by atoms with van der Waals surface area (Å²) >= 11 is 5.62. The highest BCUT2D eigenvalue weighted by Crippen LogP contribution is 2.36. The molecule has 0 radical (unpaired) electrons. The maximum Gasteiger partial charge on any atom is 0.264 e. The Morgan fingerprint density at radius 1 is 1.17 bits per heavy atom. The van der Waals surface area contributed by atoms with E-state index in [2.05, 4.69) is 32.8 Å². The third-order valence-corrected chi connectivity index (χ3v) is 5.73. The Hall–Kier alpha value is -3.32. The third-order valence-electron chi connectivity index (χ3n) is 5.33. The van der Waals surface area contributed by atoms with E-state index in [9.17, 15) is 4.79 Å². The van der Waals surface area contributed by atoms with Crippen molar-refractivity contribution in [2.45, 2.75) is 26.3 Å². The van der Waals surface area contributed by atoms with Crippen molar-refractivity contribution in [3.8, 4) is 5.69 Å². The molecular formula is C22H19N5OS. The van der Waals surface area contributed by atoms with Gasteiger partial charge in [-0.25, -0.2) is 4.98 Å². The predicted octanol–water partition coefficient (Wildman–Crippen LogP) is 4.23. The molecular weight excluding hydrogens is 382 g/mol. The summed E-state index contributed by atoms with van der Waals surface area (Å²) in [6.07, 6.45) is 2.54. The number of H-pyrrole nitrogens is 1. The molecule has 0 saturated carbocycles. The van der Waals surface area contributed by atoms with Crippen molar-refractivity contribution in [1.82, 2.24) is 19.5 Å². The van der Waals surface area contributed by atoms with Gasteiger partial charge >= 0.3 is 0 Å². The van der Waals surface area contributed by atoms with Crippen molar-refractivity contribution in [2.24, 2.45) is 0 Å². The molecule has 0 aliphatic carbocycles. The number of para-hydroxylation sites is 1. The number of nitrogens with one attached hydrogen (secondary N) is 1. The van der Waals surface area contributed by atoms with Gasteiger partial charge in [0.05, 0.1) is 0 Å². The number of anilines is 2. The van der Waals surface area contributed by atoms with Crippen LogP contribution in [0.25, 0.3) is 16.7 Å². The van der Waals surface area contributed by atoms with Crippen LogP contribution in [0.1, 0.15) is 18.1 Å². The van der Waals surface area contributed by atoms with E-state index in [4.69, 9.17) is 12.2 Å². The van der Waals surface area contributed by atoms with Crippen molar-refractivity contribution in [2.75, 3.05) is 4.90 Å². The van der Waals surface area contributed by atoms with Gasteiger partial charge in [0.2, 0.25) is 5.95 Å². The number of hydrogen-bond acceptors (Lipinski definition) is 5. The second-order valence-electron chi connectivity index (χ2n) is 7.40. The van der Waals surface area contributed by atoms with Crippen LogP contribution in [-0.4, -0.2) is 25.6 Å². The van der Waals surface area contributed by atoms with Crippen LogP contribution in [0.2, 0.25) is 0 Å². The van der Waals surface area contributed by atoms with Crippen molar-refractivity contribution in [3.05, 3.63) is 81.0 Å². The Morgan fingerprint density at radius 2 is 2.00 bits per heavy atom. The second-order valence-corrected chi connectivity index (χ2v) is 7.79. The molecule has 6 nitrogen and oxygen atoms in total. The number of aryl methyl sites for hydroxylation is 1. The first-order chi connectivity index (χ1) is 14.0. The molecule has 1 unspecified atom stereocenters. The van der Waals surface area contributed by atoms with Gasteiger partial charge in [0.25, 0.3) is 5.56 Å². The molecule has 29 heavy (non-hydrogen) atoms. The SMILES string of the molecule is Cc1cccc(-n2cnc3nc(N4c5ccccc5CC4C)[nH]c(=O)c3c2=S)c1. The zero-order chi connectivity index (χ0) is 20.1. The molecule has 0 bridgehead atoms. The summed E-state index contributed by atoms with van der Waals surface area (Å²) in [6, 6.07) is 16.3. The normalized spacial score (nSPS) is 15.7. The number of fused-ring (bicyclic) bond motifs is 2. The number of aromatic nitrogens is 4. The van der Waals surface area contributed by atoms with E-state index in [0.29, 0.717) is 21.6 Å². The van der Waals surface area contributed by atoms with E-state index in [1.165, 1.54) is 5.56 Å². The summed E-state index contributed by atoms with van der Waals surface area (Å²) in [6.45, 7) is 4.13. The van der Waals surface area contributed by atoms with E-state index >= 15 is 0 Å². The largest absolute Gasteiger partial charge is 0.309 e. The first kappa shape index (κ1) is 17.8. The summed E-state index contributed by atoms with van der Waals surface area (Å²) in [5.41, 5.74) is 4.36. The lowest BCUT2D eigenvalue weighted by Gasteiger charge is -2.23. The van der Waals surface area contributed by atoms with Crippen LogP contribution in [-0.2, 0) is 6.42 Å². The fourth-order valence-electron chi connectivity index (χ4n) is 3.99. The number of hydrogen-bond donors (Lipinski definition) is 1. The minimum atomic E-state index is -0.277. The molecule has 0 amide bonds. The molecule has 1 atom stereocenters. The minimum Gasteiger partial charge on any atom is -0.309 e. The highest BCUT2D eigenvalue weighted by molar-refractivity contribution is 7.71. The summed E-state index contributed by atoms with van der Waals surface area (Å²) in [7, 11) is 0. The van der Waals surface area contributed by atoms with Crippen LogP contribution in [0.4, 0.5) is 11.6 Å². The Labute approximate surface area is 172 Å². The standard InChI is InChI=1S/C22H19N5OS/c1-13-6-5-8-16(10-13)26-12-23-19-18(21(26)29)20(28)25-22(24-19)27-14(2)11-15-7-3-4-9-17(15)27/h3-10,12,14H,11H2,1-2H3,(H,24,25,28). The molecule has 0 spiro atoms. The maximum atomic E-state index is 13.0. The van der Waals surface area contributed by atoms with Gasteiger partial charge in [0, 0.05) is 17.4 Å². The van der Waals surface area contributed by atoms with Crippen LogP contribution in [0, 0.1) is 11.6 Å². The molecule has 1 aliphatic rings. The zero-order valence-corrected chi connectivity index (χ0v) is 16.9. The van der Waals surface area contributed by atoms with Crippen molar-refractivity contribution >= 4 is 34.9 Å². The van der Waals surface area contributed by atoms with E-state index in [-0.39, 0.29) is 11.6 Å². The topological polar surface area (TPSA) is 66.8 Å². The lowest BCUT2D eigenvalue weighted by Crippen LogP contribution is -2.28. The Kier molecular flexibility index (Phi) is 4.06. The molecule has 1 aliphatic heterocycles. The van der Waals surface area contributed by atoms with Gasteiger partial charge in [-0.1, -0.05) is 42.5 Å². The minimum absolute atomic E-state index is 0.192.